The first-order chi connectivity index (χ1) is 26.5. The molecule has 13 heteroatoms. The summed E-state index contributed by atoms with van der Waals surface area (Å²) in [7, 11) is -4.66. The van der Waals surface area contributed by atoms with Gasteiger partial charge in [0.15, 0.2) is 6.10 Å². The highest BCUT2D eigenvalue weighted by atomic mass is 31.2. The summed E-state index contributed by atoms with van der Waals surface area (Å²) >= 11 is 0. The van der Waals surface area contributed by atoms with E-state index in [1.54, 1.807) is 0 Å². The molecular formula is C42H77O12P. The van der Waals surface area contributed by atoms with Gasteiger partial charge in [0.2, 0.25) is 0 Å². The molecule has 0 aromatic heterocycles. The summed E-state index contributed by atoms with van der Waals surface area (Å²) in [5.41, 5.74) is 0. The second-order valence-corrected chi connectivity index (χ2v) is 15.8. The lowest BCUT2D eigenvalue weighted by atomic mass is 10.0. The molecule has 322 valence electrons. The maximum absolute atomic E-state index is 12.6. The normalized spacial score (nSPS) is 15.4. The molecule has 0 spiro atoms. The number of phosphoric acid groups is 1. The molecule has 0 aliphatic heterocycles. The highest BCUT2D eigenvalue weighted by Gasteiger charge is 2.27. The number of aliphatic hydroxyl groups excluding tert-OH is 4. The Bertz CT molecular complexity index is 1050. The number of carbonyl (C=O) groups is 2. The fourth-order valence-electron chi connectivity index (χ4n) is 5.52. The van der Waals surface area contributed by atoms with E-state index < -0.39 is 64.0 Å². The van der Waals surface area contributed by atoms with E-state index in [1.807, 2.05) is 6.08 Å². The Morgan fingerprint density at radius 3 is 1.71 bits per heavy atom. The van der Waals surface area contributed by atoms with Gasteiger partial charge in [0.05, 0.1) is 32.0 Å². The van der Waals surface area contributed by atoms with Crippen LogP contribution in [0.1, 0.15) is 168 Å². The number of hydrogen-bond acceptors (Lipinski definition) is 11. The zero-order valence-corrected chi connectivity index (χ0v) is 35.0. The summed E-state index contributed by atoms with van der Waals surface area (Å²) in [6.07, 6.45) is 29.8. The zero-order valence-electron chi connectivity index (χ0n) is 34.1. The first kappa shape index (κ1) is 53.1. The van der Waals surface area contributed by atoms with Crippen LogP contribution in [0.2, 0.25) is 0 Å². The van der Waals surface area contributed by atoms with Crippen molar-refractivity contribution in [3.8, 4) is 0 Å². The predicted octanol–water partition coefficient (Wildman–Crippen LogP) is 8.72. The quantitative estimate of drug-likeness (QED) is 0.0172. The van der Waals surface area contributed by atoms with Gasteiger partial charge in [0.25, 0.3) is 0 Å². The summed E-state index contributed by atoms with van der Waals surface area (Å²) in [6.45, 7) is 2.09. The number of hydrogen-bond donors (Lipinski definition) is 5. The second kappa shape index (κ2) is 37.7. The largest absolute Gasteiger partial charge is 0.472 e. The number of aliphatic hydroxyl groups is 4. The summed E-state index contributed by atoms with van der Waals surface area (Å²) in [6, 6.07) is 0. The van der Waals surface area contributed by atoms with E-state index in [2.05, 4.69) is 48.8 Å². The first-order valence-corrected chi connectivity index (χ1v) is 22.6. The van der Waals surface area contributed by atoms with Crippen LogP contribution in [0.15, 0.2) is 36.5 Å². The molecule has 0 bridgehead atoms. The van der Waals surface area contributed by atoms with Gasteiger partial charge in [0.1, 0.15) is 12.7 Å². The number of carbonyl (C=O) groups excluding carboxylic acids is 2. The number of allylic oxidation sites excluding steroid dienone is 5. The van der Waals surface area contributed by atoms with Gasteiger partial charge in [0, 0.05) is 12.8 Å². The molecule has 0 saturated carbocycles. The lowest BCUT2D eigenvalue weighted by Gasteiger charge is -2.20. The van der Waals surface area contributed by atoms with E-state index >= 15 is 0 Å². The van der Waals surface area contributed by atoms with Crippen LogP contribution in [0, 0.1) is 0 Å². The van der Waals surface area contributed by atoms with E-state index in [4.69, 9.17) is 19.1 Å². The topological polar surface area (TPSA) is 189 Å². The van der Waals surface area contributed by atoms with Crippen molar-refractivity contribution < 1.29 is 58.0 Å². The van der Waals surface area contributed by atoms with Crippen LogP contribution < -0.4 is 0 Å². The fraction of sp³-hybridized carbons (Fsp3) is 0.810. The van der Waals surface area contributed by atoms with Crippen molar-refractivity contribution in [1.82, 2.24) is 0 Å². The van der Waals surface area contributed by atoms with E-state index in [0.29, 0.717) is 25.7 Å². The van der Waals surface area contributed by atoms with Crippen LogP contribution >= 0.6 is 7.82 Å². The summed E-state index contributed by atoms with van der Waals surface area (Å²) in [4.78, 5) is 35.0. The van der Waals surface area contributed by atoms with E-state index in [9.17, 15) is 34.4 Å². The third kappa shape index (κ3) is 36.2. The monoisotopic (exact) mass is 805 g/mol. The lowest BCUT2D eigenvalue weighted by molar-refractivity contribution is -0.161. The SMILES string of the molecule is CCCCC/C=C\C/C=C\CCCCCCCC(=O)OC[C@H](COP(=O)(O)OC[C@@H](O)CO)OC(=O)CCCCCCC[C@H](O)[C@@H](O)C/C=C\CCCCC. The van der Waals surface area contributed by atoms with Crippen molar-refractivity contribution in [1.29, 1.82) is 0 Å². The van der Waals surface area contributed by atoms with Gasteiger partial charge < -0.3 is 34.8 Å². The minimum absolute atomic E-state index is 0.0817. The number of phosphoric ester groups is 1. The average Bonchev–Trinajstić information content (AvgIpc) is 3.17. The van der Waals surface area contributed by atoms with Crippen molar-refractivity contribution >= 4 is 19.8 Å². The molecule has 0 aliphatic rings. The minimum atomic E-state index is -4.66. The number of esters is 2. The molecule has 0 aromatic rings. The molecule has 12 nitrogen and oxygen atoms in total. The molecular weight excluding hydrogens is 727 g/mol. The number of unbranched alkanes of at least 4 members (excludes halogenated alkanes) is 15. The molecule has 5 atom stereocenters. The van der Waals surface area contributed by atoms with Gasteiger partial charge in [-0.2, -0.15) is 0 Å². The standard InChI is InChI=1S/C42H77O12P/c1-3-5-7-9-11-12-13-14-15-16-17-18-19-23-27-31-41(47)51-35-38(36-53-55(49,50)52-34-37(44)33-43)54-42(48)32-28-24-20-22-26-30-40(46)39(45)29-25-21-10-8-6-4-2/h11-12,14-15,21,25,37-40,43-46H,3-10,13,16-20,22-24,26-36H2,1-2H3,(H,49,50)/b12-11-,15-14-,25-21-/t37-,38+,39-,40-/m0/s1. The Hall–Kier alpha value is -1.89. The molecule has 0 saturated heterocycles. The van der Waals surface area contributed by atoms with Crippen molar-refractivity contribution in [2.24, 2.45) is 0 Å². The van der Waals surface area contributed by atoms with Gasteiger partial charge in [-0.25, -0.2) is 4.57 Å². The van der Waals surface area contributed by atoms with E-state index in [-0.39, 0.29) is 19.4 Å². The van der Waals surface area contributed by atoms with Crippen LogP contribution in [-0.2, 0) is 32.7 Å². The van der Waals surface area contributed by atoms with Crippen molar-refractivity contribution in [3.63, 3.8) is 0 Å². The fourth-order valence-corrected chi connectivity index (χ4v) is 6.31. The lowest BCUT2D eigenvalue weighted by Crippen LogP contribution is -2.29. The molecule has 0 radical (unpaired) electrons. The first-order valence-electron chi connectivity index (χ1n) is 21.1. The second-order valence-electron chi connectivity index (χ2n) is 14.3. The highest BCUT2D eigenvalue weighted by Crippen LogP contribution is 2.43. The molecule has 0 aromatic carbocycles. The van der Waals surface area contributed by atoms with Crippen LogP contribution in [0.4, 0.5) is 0 Å². The molecule has 1 unspecified atom stereocenters. The van der Waals surface area contributed by atoms with Crippen molar-refractivity contribution in [2.45, 2.75) is 192 Å². The molecule has 0 fully saturated rings. The predicted molar refractivity (Wildman–Crippen MR) is 217 cm³/mol. The Balaban J connectivity index is 4.47. The summed E-state index contributed by atoms with van der Waals surface area (Å²) < 4.78 is 32.6. The van der Waals surface area contributed by atoms with Gasteiger partial charge >= 0.3 is 19.8 Å². The van der Waals surface area contributed by atoms with Crippen LogP contribution in [0.3, 0.4) is 0 Å². The van der Waals surface area contributed by atoms with Crippen molar-refractivity contribution in [3.05, 3.63) is 36.5 Å². The van der Waals surface area contributed by atoms with Gasteiger partial charge in [-0.05, 0) is 70.6 Å². The maximum atomic E-state index is 12.6. The summed E-state index contributed by atoms with van der Waals surface area (Å²) in [5, 5.41) is 38.7. The molecule has 0 heterocycles. The Labute approximate surface area is 332 Å². The van der Waals surface area contributed by atoms with E-state index in [1.165, 1.54) is 32.1 Å². The smallest absolute Gasteiger partial charge is 0.462 e. The van der Waals surface area contributed by atoms with Gasteiger partial charge in [-0.15, -0.1) is 0 Å². The maximum Gasteiger partial charge on any atom is 0.472 e. The van der Waals surface area contributed by atoms with Gasteiger partial charge in [-0.1, -0.05) is 121 Å². The Morgan fingerprint density at radius 2 is 1.11 bits per heavy atom. The zero-order chi connectivity index (χ0) is 40.8. The Morgan fingerprint density at radius 1 is 0.600 bits per heavy atom. The summed E-state index contributed by atoms with van der Waals surface area (Å²) in [5.74, 6) is -1.05. The van der Waals surface area contributed by atoms with Crippen LogP contribution in [-0.4, -0.2) is 88.1 Å². The number of rotatable bonds is 39. The molecule has 0 aliphatic carbocycles. The average molecular weight is 805 g/mol. The molecule has 0 amide bonds. The Kier molecular flexibility index (Phi) is 36.4. The minimum Gasteiger partial charge on any atom is -0.462 e. The number of ether oxygens (including phenoxy) is 2. The van der Waals surface area contributed by atoms with Crippen molar-refractivity contribution in [2.75, 3.05) is 26.4 Å². The van der Waals surface area contributed by atoms with E-state index in [0.717, 1.165) is 83.5 Å². The molecule has 0 rings (SSSR count). The van der Waals surface area contributed by atoms with Gasteiger partial charge in [-0.3, -0.25) is 18.6 Å². The highest BCUT2D eigenvalue weighted by molar-refractivity contribution is 7.47. The van der Waals surface area contributed by atoms with Crippen LogP contribution in [0.25, 0.3) is 0 Å². The molecule has 5 N–H and O–H groups in total. The molecule has 55 heavy (non-hydrogen) atoms. The van der Waals surface area contributed by atoms with Crippen LogP contribution in [0.5, 0.6) is 0 Å². The third-order valence-electron chi connectivity index (χ3n) is 8.97. The third-order valence-corrected chi connectivity index (χ3v) is 9.92.